The van der Waals surface area contributed by atoms with Crippen molar-refractivity contribution in [2.75, 3.05) is 0 Å². The zero-order valence-electron chi connectivity index (χ0n) is 7.08. The molecule has 2 heterocycles. The van der Waals surface area contributed by atoms with Crippen molar-refractivity contribution in [1.82, 2.24) is 9.97 Å². The van der Waals surface area contributed by atoms with E-state index in [4.69, 9.17) is 9.15 Å². The standard InChI is InChI=1S/C9H6N2O3/c12-8(7-3-1-2-4-10-7)14-9-11-5-6-13-9/h1-6H. The fraction of sp³-hybridized carbons (Fsp3) is 0. The van der Waals surface area contributed by atoms with Crippen molar-refractivity contribution in [3.05, 3.63) is 42.5 Å². The SMILES string of the molecule is O=C(Oc1ncco1)c1ccccn1. The minimum atomic E-state index is -0.590. The highest BCUT2D eigenvalue weighted by Crippen LogP contribution is 2.07. The molecule has 0 aliphatic heterocycles. The van der Waals surface area contributed by atoms with Crippen molar-refractivity contribution in [3.63, 3.8) is 0 Å². The first-order chi connectivity index (χ1) is 6.86. The van der Waals surface area contributed by atoms with Crippen LogP contribution in [0.2, 0.25) is 0 Å². The largest absolute Gasteiger partial charge is 0.417 e. The smallest absolute Gasteiger partial charge is 0.401 e. The van der Waals surface area contributed by atoms with Gasteiger partial charge in [-0.2, -0.15) is 4.98 Å². The summed E-state index contributed by atoms with van der Waals surface area (Å²) >= 11 is 0. The van der Waals surface area contributed by atoms with E-state index in [0.717, 1.165) is 0 Å². The molecule has 0 amide bonds. The molecule has 2 aromatic heterocycles. The van der Waals surface area contributed by atoms with Crippen molar-refractivity contribution in [2.45, 2.75) is 0 Å². The van der Waals surface area contributed by atoms with Gasteiger partial charge in [-0.3, -0.25) is 0 Å². The van der Waals surface area contributed by atoms with Gasteiger partial charge in [-0.25, -0.2) is 9.78 Å². The van der Waals surface area contributed by atoms with Gasteiger partial charge in [-0.05, 0) is 12.1 Å². The Morgan fingerprint density at radius 2 is 2.21 bits per heavy atom. The van der Waals surface area contributed by atoms with Crippen LogP contribution in [0.3, 0.4) is 0 Å². The summed E-state index contributed by atoms with van der Waals surface area (Å²) < 4.78 is 9.50. The summed E-state index contributed by atoms with van der Waals surface area (Å²) in [5, 5.41) is 0. The van der Waals surface area contributed by atoms with Crippen LogP contribution in [0.25, 0.3) is 0 Å². The Morgan fingerprint density at radius 1 is 1.29 bits per heavy atom. The van der Waals surface area contributed by atoms with Gasteiger partial charge in [0, 0.05) is 6.20 Å². The van der Waals surface area contributed by atoms with Crippen molar-refractivity contribution < 1.29 is 13.9 Å². The third kappa shape index (κ3) is 1.77. The lowest BCUT2D eigenvalue weighted by Gasteiger charge is -1.97. The minimum Gasteiger partial charge on any atom is -0.417 e. The molecule has 0 radical (unpaired) electrons. The average Bonchev–Trinajstić information content (AvgIpc) is 2.72. The van der Waals surface area contributed by atoms with E-state index in [2.05, 4.69) is 9.97 Å². The number of carbonyl (C=O) groups excluding carboxylic acids is 1. The van der Waals surface area contributed by atoms with Crippen molar-refractivity contribution in [1.29, 1.82) is 0 Å². The van der Waals surface area contributed by atoms with Crippen molar-refractivity contribution >= 4 is 5.97 Å². The first kappa shape index (κ1) is 8.43. The number of hydrogen-bond donors (Lipinski definition) is 0. The number of carbonyl (C=O) groups is 1. The molecule has 0 aliphatic carbocycles. The fourth-order valence-corrected chi connectivity index (χ4v) is 0.876. The number of aromatic nitrogens is 2. The van der Waals surface area contributed by atoms with E-state index in [-0.39, 0.29) is 11.8 Å². The second-order valence-corrected chi connectivity index (χ2v) is 2.40. The lowest BCUT2D eigenvalue weighted by molar-refractivity contribution is 0.0677. The van der Waals surface area contributed by atoms with Crippen molar-refractivity contribution in [3.8, 4) is 6.08 Å². The van der Waals surface area contributed by atoms with Gasteiger partial charge in [0.2, 0.25) is 0 Å². The van der Waals surface area contributed by atoms with E-state index in [1.807, 2.05) is 0 Å². The predicted octanol–water partition coefficient (Wildman–Crippen LogP) is 1.29. The molecule has 0 saturated carbocycles. The van der Waals surface area contributed by atoms with Crippen LogP contribution in [0.5, 0.6) is 6.08 Å². The molecule has 0 atom stereocenters. The molecule has 0 spiro atoms. The summed E-state index contributed by atoms with van der Waals surface area (Å²) in [6.07, 6.45) is 4.13. The van der Waals surface area contributed by atoms with Gasteiger partial charge in [0.25, 0.3) is 0 Å². The van der Waals surface area contributed by atoms with E-state index in [9.17, 15) is 4.79 Å². The highest BCUT2D eigenvalue weighted by atomic mass is 16.6. The molecule has 0 bridgehead atoms. The maximum Gasteiger partial charge on any atom is 0.401 e. The Kier molecular flexibility index (Phi) is 2.22. The summed E-state index contributed by atoms with van der Waals surface area (Å²) in [5.74, 6) is -0.590. The summed E-state index contributed by atoms with van der Waals surface area (Å²) in [6, 6.07) is 4.95. The molecular weight excluding hydrogens is 184 g/mol. The van der Waals surface area contributed by atoms with Crippen LogP contribution >= 0.6 is 0 Å². The van der Waals surface area contributed by atoms with E-state index in [0.29, 0.717) is 0 Å². The monoisotopic (exact) mass is 190 g/mol. The highest BCUT2D eigenvalue weighted by Gasteiger charge is 2.11. The number of esters is 1. The second-order valence-electron chi connectivity index (χ2n) is 2.40. The first-order valence-electron chi connectivity index (χ1n) is 3.89. The molecule has 0 aromatic carbocycles. The molecule has 70 valence electrons. The summed E-state index contributed by atoms with van der Waals surface area (Å²) in [7, 11) is 0. The van der Waals surface area contributed by atoms with Gasteiger partial charge in [-0.1, -0.05) is 6.07 Å². The Balaban J connectivity index is 2.11. The third-order valence-electron chi connectivity index (χ3n) is 1.46. The lowest BCUT2D eigenvalue weighted by atomic mass is 10.4. The maximum atomic E-state index is 11.3. The summed E-state index contributed by atoms with van der Waals surface area (Å²) in [6.45, 7) is 0. The highest BCUT2D eigenvalue weighted by molar-refractivity contribution is 5.88. The number of oxazole rings is 1. The number of rotatable bonds is 2. The molecule has 0 unspecified atom stereocenters. The first-order valence-corrected chi connectivity index (χ1v) is 3.89. The van der Waals surface area contributed by atoms with Gasteiger partial charge >= 0.3 is 12.0 Å². The van der Waals surface area contributed by atoms with E-state index in [1.165, 1.54) is 18.7 Å². The van der Waals surface area contributed by atoms with Gasteiger partial charge in [0.15, 0.2) is 0 Å². The van der Waals surface area contributed by atoms with E-state index >= 15 is 0 Å². The van der Waals surface area contributed by atoms with Crippen LogP contribution in [0.1, 0.15) is 10.5 Å². The third-order valence-corrected chi connectivity index (χ3v) is 1.46. The van der Waals surface area contributed by atoms with Crippen LogP contribution in [0, 0.1) is 0 Å². The van der Waals surface area contributed by atoms with Gasteiger partial charge in [0.05, 0.1) is 6.20 Å². The quantitative estimate of drug-likeness (QED) is 0.667. The summed E-state index contributed by atoms with van der Waals surface area (Å²) in [4.78, 5) is 18.8. The van der Waals surface area contributed by atoms with Gasteiger partial charge in [0.1, 0.15) is 12.0 Å². The van der Waals surface area contributed by atoms with Crippen LogP contribution in [0.4, 0.5) is 0 Å². The van der Waals surface area contributed by atoms with Gasteiger partial charge < -0.3 is 9.15 Å². The number of pyridine rings is 1. The number of hydrogen-bond acceptors (Lipinski definition) is 5. The molecule has 2 rings (SSSR count). The minimum absolute atomic E-state index is 0.0827. The average molecular weight is 190 g/mol. The van der Waals surface area contributed by atoms with E-state index < -0.39 is 5.97 Å². The molecule has 0 fully saturated rings. The molecule has 5 heteroatoms. The second kappa shape index (κ2) is 3.69. The van der Waals surface area contributed by atoms with Crippen molar-refractivity contribution in [2.24, 2.45) is 0 Å². The molecule has 14 heavy (non-hydrogen) atoms. The molecular formula is C9H6N2O3. The van der Waals surface area contributed by atoms with Crippen LogP contribution in [-0.2, 0) is 0 Å². The topological polar surface area (TPSA) is 65.2 Å². The Labute approximate surface area is 79.4 Å². The predicted molar refractivity (Wildman–Crippen MR) is 45.7 cm³/mol. The normalized spacial score (nSPS) is 9.71. The fourth-order valence-electron chi connectivity index (χ4n) is 0.876. The molecule has 0 aliphatic rings. The van der Waals surface area contributed by atoms with Crippen LogP contribution in [0.15, 0.2) is 41.3 Å². The van der Waals surface area contributed by atoms with Crippen LogP contribution in [-0.4, -0.2) is 15.9 Å². The lowest BCUT2D eigenvalue weighted by Crippen LogP contribution is -2.10. The Hall–Kier alpha value is -2.17. The zero-order valence-corrected chi connectivity index (χ0v) is 7.08. The van der Waals surface area contributed by atoms with Gasteiger partial charge in [-0.15, -0.1) is 0 Å². The molecule has 2 aromatic rings. The van der Waals surface area contributed by atoms with E-state index in [1.54, 1.807) is 18.2 Å². The molecule has 0 N–H and O–H groups in total. The summed E-state index contributed by atoms with van der Waals surface area (Å²) in [5.41, 5.74) is 0.214. The number of ether oxygens (including phenoxy) is 1. The van der Waals surface area contributed by atoms with Crippen LogP contribution < -0.4 is 4.74 Å². The zero-order chi connectivity index (χ0) is 9.80. The Morgan fingerprint density at radius 3 is 2.86 bits per heavy atom. The Bertz CT molecular complexity index is 411. The molecule has 0 saturated heterocycles. The maximum absolute atomic E-state index is 11.3. The number of nitrogens with zero attached hydrogens (tertiary/aromatic N) is 2. The molecule has 5 nitrogen and oxygen atoms in total.